The molecule has 4 rings (SSSR count). The normalized spacial score (nSPS) is 14.7. The molecule has 0 fully saturated rings. The van der Waals surface area contributed by atoms with Crippen molar-refractivity contribution >= 4 is 11.3 Å². The predicted octanol–water partition coefficient (Wildman–Crippen LogP) is 5.17. The van der Waals surface area contributed by atoms with E-state index >= 15 is 0 Å². The van der Waals surface area contributed by atoms with Gasteiger partial charge in [-0.3, -0.25) is 5.32 Å². The molecule has 0 bridgehead atoms. The van der Waals surface area contributed by atoms with Crippen molar-refractivity contribution < 1.29 is 0 Å². The predicted molar refractivity (Wildman–Crippen MR) is 89.6 cm³/mol. The summed E-state index contributed by atoms with van der Waals surface area (Å²) in [5, 5.41) is 5.95. The van der Waals surface area contributed by atoms with Crippen molar-refractivity contribution in [2.45, 2.75) is 19.0 Å². The molecule has 2 aromatic carbocycles. The van der Waals surface area contributed by atoms with Gasteiger partial charge in [0, 0.05) is 10.9 Å². The summed E-state index contributed by atoms with van der Waals surface area (Å²) in [6.45, 7) is 2.25. The van der Waals surface area contributed by atoms with Crippen molar-refractivity contribution in [1.29, 1.82) is 0 Å². The van der Waals surface area contributed by atoms with Crippen molar-refractivity contribution in [3.05, 3.63) is 82.0 Å². The van der Waals surface area contributed by atoms with Crippen LogP contribution in [0.5, 0.6) is 0 Å². The van der Waals surface area contributed by atoms with E-state index in [4.69, 9.17) is 0 Å². The molecule has 1 atom stereocenters. The van der Waals surface area contributed by atoms with Gasteiger partial charge < -0.3 is 0 Å². The van der Waals surface area contributed by atoms with E-state index < -0.39 is 0 Å². The van der Waals surface area contributed by atoms with Crippen LogP contribution in [0.4, 0.5) is 0 Å². The summed E-state index contributed by atoms with van der Waals surface area (Å²) in [6, 6.07) is 22.4. The second-order valence-corrected chi connectivity index (χ2v) is 6.49. The van der Waals surface area contributed by atoms with E-state index in [0.717, 1.165) is 0 Å². The van der Waals surface area contributed by atoms with Gasteiger partial charge in [-0.2, -0.15) is 0 Å². The van der Waals surface area contributed by atoms with Crippen molar-refractivity contribution in [1.82, 2.24) is 5.32 Å². The zero-order valence-corrected chi connectivity index (χ0v) is 12.7. The third-order valence-corrected chi connectivity index (χ3v) is 5.28. The van der Waals surface area contributed by atoms with Gasteiger partial charge in [-0.25, -0.2) is 0 Å². The Morgan fingerprint density at radius 3 is 2.05 bits per heavy atom. The highest BCUT2D eigenvalue weighted by Crippen LogP contribution is 2.44. The Kier molecular flexibility index (Phi) is 3.13. The molecule has 0 amide bonds. The molecular formula is C19H17NS. The van der Waals surface area contributed by atoms with E-state index in [1.165, 1.54) is 27.1 Å². The maximum Gasteiger partial charge on any atom is 0.0593 e. The first kappa shape index (κ1) is 12.8. The molecule has 1 N–H and O–H groups in total. The highest BCUT2D eigenvalue weighted by atomic mass is 32.1. The summed E-state index contributed by atoms with van der Waals surface area (Å²) < 4.78 is 0. The lowest BCUT2D eigenvalue weighted by Gasteiger charge is -2.20. The zero-order chi connectivity index (χ0) is 14.2. The van der Waals surface area contributed by atoms with Crippen molar-refractivity contribution in [3.63, 3.8) is 0 Å². The number of nitrogens with one attached hydrogen (secondary N) is 1. The summed E-state index contributed by atoms with van der Waals surface area (Å²) in [6.07, 6.45) is 0. The van der Waals surface area contributed by atoms with Gasteiger partial charge in [0.25, 0.3) is 0 Å². The monoisotopic (exact) mass is 291 g/mol. The Bertz CT molecular complexity index is 715. The van der Waals surface area contributed by atoms with Crippen LogP contribution in [0.3, 0.4) is 0 Å². The van der Waals surface area contributed by atoms with Gasteiger partial charge in [-0.05, 0) is 40.6 Å². The molecule has 0 saturated carbocycles. The van der Waals surface area contributed by atoms with E-state index in [9.17, 15) is 0 Å². The molecule has 1 aliphatic carbocycles. The number of thiophene rings is 1. The molecular weight excluding hydrogens is 274 g/mol. The van der Waals surface area contributed by atoms with Gasteiger partial charge in [0.05, 0.1) is 6.04 Å². The van der Waals surface area contributed by atoms with Crippen LogP contribution in [0.15, 0.2) is 66.0 Å². The van der Waals surface area contributed by atoms with Crippen molar-refractivity contribution in [2.75, 3.05) is 0 Å². The smallest absolute Gasteiger partial charge is 0.0593 e. The van der Waals surface area contributed by atoms with Crippen LogP contribution < -0.4 is 5.32 Å². The lowest BCUT2D eigenvalue weighted by molar-refractivity contribution is 0.529. The Balaban J connectivity index is 1.75. The highest BCUT2D eigenvalue weighted by molar-refractivity contribution is 7.10. The molecule has 3 aromatic rings. The van der Waals surface area contributed by atoms with Gasteiger partial charge >= 0.3 is 0 Å². The topological polar surface area (TPSA) is 12.0 Å². The fraction of sp³-hybridized carbons (Fsp3) is 0.158. The van der Waals surface area contributed by atoms with Crippen LogP contribution in [0.1, 0.15) is 35.0 Å². The number of hydrogen-bond donors (Lipinski definition) is 1. The third kappa shape index (κ3) is 2.11. The second kappa shape index (κ2) is 5.14. The van der Waals surface area contributed by atoms with Crippen LogP contribution in [0, 0.1) is 0 Å². The maximum absolute atomic E-state index is 3.80. The van der Waals surface area contributed by atoms with Gasteiger partial charge in [-0.15, -0.1) is 11.3 Å². The van der Waals surface area contributed by atoms with Crippen LogP contribution in [-0.2, 0) is 0 Å². The number of hydrogen-bond acceptors (Lipinski definition) is 2. The first-order valence-corrected chi connectivity index (χ1v) is 8.20. The van der Waals surface area contributed by atoms with Crippen LogP contribution in [-0.4, -0.2) is 0 Å². The summed E-state index contributed by atoms with van der Waals surface area (Å²) in [4.78, 5) is 1.39. The molecule has 0 radical (unpaired) electrons. The summed E-state index contributed by atoms with van der Waals surface area (Å²) in [5.41, 5.74) is 5.51. The van der Waals surface area contributed by atoms with Crippen LogP contribution in [0.2, 0.25) is 0 Å². The minimum atomic E-state index is 0.287. The largest absolute Gasteiger partial charge is 0.299 e. The third-order valence-electron chi connectivity index (χ3n) is 4.22. The highest BCUT2D eigenvalue weighted by Gasteiger charge is 2.28. The Hall–Kier alpha value is -1.90. The van der Waals surface area contributed by atoms with E-state index in [0.29, 0.717) is 6.04 Å². The molecule has 1 unspecified atom stereocenters. The van der Waals surface area contributed by atoms with Gasteiger partial charge in [0.1, 0.15) is 0 Å². The molecule has 1 aromatic heterocycles. The standard InChI is InChI=1S/C19H17NS/c1-13(18-11-6-12-21-18)20-19-16-9-4-2-7-14(16)15-8-3-5-10-17(15)19/h2-13,19-20H,1H3. The fourth-order valence-electron chi connectivity index (χ4n) is 3.20. The minimum Gasteiger partial charge on any atom is -0.299 e. The zero-order valence-electron chi connectivity index (χ0n) is 11.9. The molecule has 0 spiro atoms. The SMILES string of the molecule is CC(NC1c2ccccc2-c2ccccc21)c1cccs1. The van der Waals surface area contributed by atoms with Crippen molar-refractivity contribution in [2.24, 2.45) is 0 Å². The molecule has 0 saturated heterocycles. The van der Waals surface area contributed by atoms with Gasteiger partial charge in [0.2, 0.25) is 0 Å². The van der Waals surface area contributed by atoms with Crippen LogP contribution in [0.25, 0.3) is 11.1 Å². The first-order chi connectivity index (χ1) is 10.3. The molecule has 1 nitrogen and oxygen atoms in total. The lowest BCUT2D eigenvalue weighted by atomic mass is 10.0. The summed E-state index contributed by atoms with van der Waals surface area (Å²) in [7, 11) is 0. The Morgan fingerprint density at radius 2 is 1.48 bits per heavy atom. The average molecular weight is 291 g/mol. The van der Waals surface area contributed by atoms with Gasteiger partial charge in [0.15, 0.2) is 0 Å². The maximum atomic E-state index is 3.80. The minimum absolute atomic E-state index is 0.287. The molecule has 0 aliphatic heterocycles. The van der Waals surface area contributed by atoms with E-state index in [-0.39, 0.29) is 6.04 Å². The van der Waals surface area contributed by atoms with Crippen molar-refractivity contribution in [3.8, 4) is 11.1 Å². The molecule has 21 heavy (non-hydrogen) atoms. The summed E-state index contributed by atoms with van der Waals surface area (Å²) >= 11 is 1.81. The number of rotatable bonds is 3. The Morgan fingerprint density at radius 1 is 0.857 bits per heavy atom. The number of fused-ring (bicyclic) bond motifs is 3. The molecule has 2 heteroatoms. The average Bonchev–Trinajstić information content (AvgIpc) is 3.15. The molecule has 104 valence electrons. The lowest BCUT2D eigenvalue weighted by Crippen LogP contribution is -2.23. The van der Waals surface area contributed by atoms with E-state index in [1.54, 1.807) is 0 Å². The van der Waals surface area contributed by atoms with Crippen LogP contribution >= 0.6 is 11.3 Å². The van der Waals surface area contributed by atoms with E-state index in [2.05, 4.69) is 78.3 Å². The Labute approximate surface area is 129 Å². The fourth-order valence-corrected chi connectivity index (χ4v) is 3.95. The first-order valence-electron chi connectivity index (χ1n) is 7.32. The number of benzene rings is 2. The van der Waals surface area contributed by atoms with E-state index in [1.807, 2.05) is 11.3 Å². The molecule has 1 heterocycles. The quantitative estimate of drug-likeness (QED) is 0.702. The molecule has 1 aliphatic rings. The second-order valence-electron chi connectivity index (χ2n) is 5.51. The summed E-state index contributed by atoms with van der Waals surface area (Å²) in [5.74, 6) is 0. The van der Waals surface area contributed by atoms with Gasteiger partial charge in [-0.1, -0.05) is 54.6 Å².